The molecule has 3 aromatic rings. The number of carbonyl (C=O) groups is 1. The van der Waals surface area contributed by atoms with Crippen LogP contribution in [0.15, 0.2) is 48.5 Å². The van der Waals surface area contributed by atoms with E-state index in [1.165, 1.54) is 0 Å². The monoisotopic (exact) mass is 421 g/mol. The highest BCUT2D eigenvalue weighted by molar-refractivity contribution is 6.30. The minimum absolute atomic E-state index is 0.0335. The van der Waals surface area contributed by atoms with Crippen LogP contribution in [0.1, 0.15) is 16.8 Å². The van der Waals surface area contributed by atoms with Gasteiger partial charge in [0.15, 0.2) is 11.5 Å². The van der Waals surface area contributed by atoms with Crippen molar-refractivity contribution < 1.29 is 14.3 Å². The average molecular weight is 422 g/mol. The Morgan fingerprint density at radius 3 is 2.87 bits per heavy atom. The molecule has 5 rings (SSSR count). The Hall–Kier alpha value is -3.25. The van der Waals surface area contributed by atoms with Gasteiger partial charge in [-0.25, -0.2) is 0 Å². The quantitative estimate of drug-likeness (QED) is 0.646. The molecule has 0 spiro atoms. The smallest absolute Gasteiger partial charge is 0.246 e. The summed E-state index contributed by atoms with van der Waals surface area (Å²) in [4.78, 5) is 14.7. The number of benzene rings is 2. The molecule has 2 aliphatic heterocycles. The summed E-state index contributed by atoms with van der Waals surface area (Å²) in [6.45, 7) is 2.25. The van der Waals surface area contributed by atoms with E-state index in [9.17, 15) is 4.79 Å². The van der Waals surface area contributed by atoms with Gasteiger partial charge in [-0.15, -0.1) is 0 Å². The fourth-order valence-electron chi connectivity index (χ4n) is 3.79. The summed E-state index contributed by atoms with van der Waals surface area (Å²) in [6, 6.07) is 13.3. The highest BCUT2D eigenvalue weighted by Gasteiger charge is 2.24. The van der Waals surface area contributed by atoms with Crippen molar-refractivity contribution in [1.82, 2.24) is 15.1 Å². The number of rotatable bonds is 3. The Morgan fingerprint density at radius 1 is 1.13 bits per heavy atom. The fraction of sp³-hybridized carbons (Fsp3) is 0.217. The van der Waals surface area contributed by atoms with Crippen LogP contribution in [0.25, 0.3) is 17.3 Å². The van der Waals surface area contributed by atoms with Gasteiger partial charge in [0.1, 0.15) is 13.2 Å². The number of H-pyrrole nitrogens is 1. The molecule has 0 fully saturated rings. The minimum Gasteiger partial charge on any atom is -0.486 e. The zero-order valence-corrected chi connectivity index (χ0v) is 17.0. The summed E-state index contributed by atoms with van der Waals surface area (Å²) in [6.07, 6.45) is 4.16. The third-order valence-corrected chi connectivity index (χ3v) is 5.56. The number of aromatic nitrogens is 2. The van der Waals surface area contributed by atoms with Crippen molar-refractivity contribution in [1.29, 1.82) is 0 Å². The molecule has 30 heavy (non-hydrogen) atoms. The third kappa shape index (κ3) is 3.66. The topological polar surface area (TPSA) is 67.5 Å². The maximum atomic E-state index is 12.8. The molecule has 152 valence electrons. The Labute approximate surface area is 179 Å². The summed E-state index contributed by atoms with van der Waals surface area (Å²) in [5.74, 6) is 1.42. The summed E-state index contributed by atoms with van der Waals surface area (Å²) < 4.78 is 11.1. The van der Waals surface area contributed by atoms with Crippen molar-refractivity contribution in [2.45, 2.75) is 13.0 Å². The molecule has 3 heterocycles. The van der Waals surface area contributed by atoms with Crippen LogP contribution >= 0.6 is 11.6 Å². The van der Waals surface area contributed by atoms with Gasteiger partial charge in [-0.3, -0.25) is 9.89 Å². The molecule has 0 unspecified atom stereocenters. The predicted molar refractivity (Wildman–Crippen MR) is 115 cm³/mol. The number of aromatic amines is 1. The van der Waals surface area contributed by atoms with E-state index in [4.69, 9.17) is 21.1 Å². The van der Waals surface area contributed by atoms with Gasteiger partial charge in [0.25, 0.3) is 0 Å². The Morgan fingerprint density at radius 2 is 2.00 bits per heavy atom. The SMILES string of the molecule is O=C(/C=C\c1ccc2c(c1)OCCO2)N1CCc2[nH]nc(-c3cccc(Cl)c3)c2C1. The molecular weight excluding hydrogens is 402 g/mol. The Kier molecular flexibility index (Phi) is 4.93. The molecule has 0 saturated heterocycles. The highest BCUT2D eigenvalue weighted by Crippen LogP contribution is 2.32. The van der Waals surface area contributed by atoms with E-state index in [-0.39, 0.29) is 5.91 Å². The van der Waals surface area contributed by atoms with Crippen LogP contribution in [0, 0.1) is 0 Å². The first-order valence-corrected chi connectivity index (χ1v) is 10.2. The fourth-order valence-corrected chi connectivity index (χ4v) is 3.98. The summed E-state index contributed by atoms with van der Waals surface area (Å²) in [7, 11) is 0. The second-order valence-corrected chi connectivity index (χ2v) is 7.72. The van der Waals surface area contributed by atoms with Crippen LogP contribution < -0.4 is 9.47 Å². The number of amides is 1. The van der Waals surface area contributed by atoms with Crippen molar-refractivity contribution in [3.05, 3.63) is 70.4 Å². The van der Waals surface area contributed by atoms with Crippen molar-refractivity contribution in [2.24, 2.45) is 0 Å². The molecule has 1 N–H and O–H groups in total. The normalized spacial score (nSPS) is 15.3. The molecule has 0 atom stereocenters. The molecule has 2 aliphatic rings. The van der Waals surface area contributed by atoms with Gasteiger partial charge in [-0.2, -0.15) is 5.10 Å². The molecule has 0 saturated carbocycles. The number of hydrogen-bond donors (Lipinski definition) is 1. The molecular formula is C23H20ClN3O3. The molecule has 0 radical (unpaired) electrons. The van der Waals surface area contributed by atoms with Gasteiger partial charge >= 0.3 is 0 Å². The van der Waals surface area contributed by atoms with Crippen LogP contribution in [-0.4, -0.2) is 40.8 Å². The lowest BCUT2D eigenvalue weighted by atomic mass is 10.0. The van der Waals surface area contributed by atoms with Crippen LogP contribution in [0.4, 0.5) is 0 Å². The van der Waals surface area contributed by atoms with Crippen LogP contribution in [0.2, 0.25) is 5.02 Å². The first kappa shape index (κ1) is 18.8. The maximum Gasteiger partial charge on any atom is 0.246 e. The zero-order valence-electron chi connectivity index (χ0n) is 16.2. The molecule has 0 aliphatic carbocycles. The minimum atomic E-state index is -0.0335. The Balaban J connectivity index is 1.33. The average Bonchev–Trinajstić information content (AvgIpc) is 3.20. The van der Waals surface area contributed by atoms with Crippen molar-refractivity contribution in [3.63, 3.8) is 0 Å². The summed E-state index contributed by atoms with van der Waals surface area (Å²) >= 11 is 6.14. The van der Waals surface area contributed by atoms with E-state index in [2.05, 4.69) is 10.2 Å². The Bertz CT molecular complexity index is 1140. The van der Waals surface area contributed by atoms with Gasteiger partial charge in [0.05, 0.1) is 5.69 Å². The number of carbonyl (C=O) groups excluding carboxylic acids is 1. The summed E-state index contributed by atoms with van der Waals surface area (Å²) in [5.41, 5.74) is 4.81. The van der Waals surface area contributed by atoms with Gasteiger partial charge in [-0.05, 0) is 35.9 Å². The van der Waals surface area contributed by atoms with E-state index in [1.54, 1.807) is 6.08 Å². The highest BCUT2D eigenvalue weighted by atomic mass is 35.5. The van der Waals surface area contributed by atoms with E-state index < -0.39 is 0 Å². The molecule has 6 nitrogen and oxygen atoms in total. The van der Waals surface area contributed by atoms with Crippen molar-refractivity contribution >= 4 is 23.6 Å². The first-order chi connectivity index (χ1) is 14.7. The second-order valence-electron chi connectivity index (χ2n) is 7.29. The van der Waals surface area contributed by atoms with Crippen molar-refractivity contribution in [2.75, 3.05) is 19.8 Å². The first-order valence-electron chi connectivity index (χ1n) is 9.86. The van der Waals surface area contributed by atoms with E-state index in [0.29, 0.717) is 37.1 Å². The number of hydrogen-bond acceptors (Lipinski definition) is 4. The van der Waals surface area contributed by atoms with Crippen molar-refractivity contribution in [3.8, 4) is 22.8 Å². The molecule has 1 aromatic heterocycles. The van der Waals surface area contributed by atoms with Gasteiger partial charge in [0.2, 0.25) is 5.91 Å². The number of ether oxygens (including phenoxy) is 2. The van der Waals surface area contributed by atoms with Gasteiger partial charge < -0.3 is 14.4 Å². The lowest BCUT2D eigenvalue weighted by Crippen LogP contribution is -2.34. The van der Waals surface area contributed by atoms with Gasteiger partial charge in [0, 0.05) is 47.4 Å². The van der Waals surface area contributed by atoms with E-state index in [1.807, 2.05) is 53.4 Å². The standard InChI is InChI=1S/C23H20ClN3O3/c24-17-3-1-2-16(13-17)23-18-14-27(9-8-19(18)25-26-23)22(28)7-5-15-4-6-20-21(12-15)30-11-10-29-20/h1-7,12-13H,8-11,14H2,(H,25,26)/b7-5-. The lowest BCUT2D eigenvalue weighted by molar-refractivity contribution is -0.126. The molecule has 2 aromatic carbocycles. The van der Waals surface area contributed by atoms with E-state index in [0.717, 1.165) is 40.2 Å². The molecule has 7 heteroatoms. The predicted octanol–water partition coefficient (Wildman–Crippen LogP) is 4.10. The van der Waals surface area contributed by atoms with Crippen LogP contribution in [-0.2, 0) is 17.8 Å². The number of halogens is 1. The zero-order chi connectivity index (χ0) is 20.5. The van der Waals surface area contributed by atoms with Crippen LogP contribution in [0.5, 0.6) is 11.5 Å². The second kappa shape index (κ2) is 7.88. The lowest BCUT2D eigenvalue weighted by Gasteiger charge is -2.26. The van der Waals surface area contributed by atoms with E-state index >= 15 is 0 Å². The largest absolute Gasteiger partial charge is 0.486 e. The van der Waals surface area contributed by atoms with Crippen LogP contribution in [0.3, 0.4) is 0 Å². The molecule has 1 amide bonds. The third-order valence-electron chi connectivity index (χ3n) is 5.33. The number of fused-ring (bicyclic) bond motifs is 2. The molecule has 0 bridgehead atoms. The maximum absolute atomic E-state index is 12.8. The number of nitrogens with zero attached hydrogens (tertiary/aromatic N) is 2. The summed E-state index contributed by atoms with van der Waals surface area (Å²) in [5, 5.41) is 8.25. The van der Waals surface area contributed by atoms with Gasteiger partial charge in [-0.1, -0.05) is 29.8 Å². The number of nitrogens with one attached hydrogen (secondary N) is 1.